The van der Waals surface area contributed by atoms with Gasteiger partial charge in [-0.2, -0.15) is 0 Å². The molecule has 0 aliphatic heterocycles. The van der Waals surface area contributed by atoms with E-state index in [-0.39, 0.29) is 5.41 Å². The first-order valence-corrected chi connectivity index (χ1v) is 19.3. The van der Waals surface area contributed by atoms with Crippen LogP contribution in [0.5, 0.6) is 0 Å². The zero-order valence-electron chi connectivity index (χ0n) is 30.9. The second kappa shape index (κ2) is 12.7. The van der Waals surface area contributed by atoms with Crippen molar-refractivity contribution in [3.63, 3.8) is 0 Å². The summed E-state index contributed by atoms with van der Waals surface area (Å²) in [4.78, 5) is 10.3. The summed E-state index contributed by atoms with van der Waals surface area (Å²) in [5.74, 6) is 0.716. The van der Waals surface area contributed by atoms with Crippen molar-refractivity contribution >= 4 is 0 Å². The van der Waals surface area contributed by atoms with Crippen molar-refractivity contribution in [1.82, 2.24) is 9.97 Å². The summed E-state index contributed by atoms with van der Waals surface area (Å²) in [6.07, 6.45) is 0. The zero-order valence-corrected chi connectivity index (χ0v) is 30.9. The molecule has 0 atom stereocenters. The van der Waals surface area contributed by atoms with Crippen molar-refractivity contribution in [2.45, 2.75) is 12.3 Å². The van der Waals surface area contributed by atoms with Crippen molar-refractivity contribution in [1.29, 1.82) is 0 Å². The Kier molecular flexibility index (Phi) is 7.33. The fourth-order valence-electron chi connectivity index (χ4n) is 9.18. The Labute approximate surface area is 327 Å². The van der Waals surface area contributed by atoms with Gasteiger partial charge < -0.3 is 0 Å². The van der Waals surface area contributed by atoms with Gasteiger partial charge in [0, 0.05) is 16.7 Å². The molecule has 8 aromatic carbocycles. The minimum atomic E-state index is -0.331. The number of hydrogen-bond donors (Lipinski definition) is 0. The van der Waals surface area contributed by atoms with Crippen LogP contribution in [-0.2, 0) is 5.41 Å². The molecule has 2 aliphatic carbocycles. The van der Waals surface area contributed by atoms with Gasteiger partial charge in [-0.25, -0.2) is 9.97 Å². The summed E-state index contributed by atoms with van der Waals surface area (Å²) in [6, 6.07) is 72.6. The maximum absolute atomic E-state index is 5.15. The topological polar surface area (TPSA) is 25.8 Å². The summed E-state index contributed by atoms with van der Waals surface area (Å²) >= 11 is 0. The van der Waals surface area contributed by atoms with E-state index in [0.29, 0.717) is 5.82 Å². The number of hydrogen-bond acceptors (Lipinski definition) is 2. The van der Waals surface area contributed by atoms with E-state index in [1.165, 1.54) is 66.8 Å². The molecular weight excluding hydrogens is 677 g/mol. The second-order valence-electron chi connectivity index (χ2n) is 15.0. The highest BCUT2D eigenvalue weighted by Crippen LogP contribution is 2.62. The number of benzene rings is 8. The second-order valence-corrected chi connectivity index (χ2v) is 15.0. The Morgan fingerprint density at radius 3 is 1.41 bits per heavy atom. The summed E-state index contributed by atoms with van der Waals surface area (Å²) in [7, 11) is 0. The van der Waals surface area contributed by atoms with Gasteiger partial charge in [0.1, 0.15) is 0 Å². The van der Waals surface area contributed by atoms with E-state index in [0.717, 1.165) is 33.6 Å². The molecule has 2 nitrogen and oxygen atoms in total. The van der Waals surface area contributed by atoms with Gasteiger partial charge in [-0.15, -0.1) is 0 Å². The van der Waals surface area contributed by atoms with Crippen molar-refractivity contribution in [3.05, 3.63) is 228 Å². The van der Waals surface area contributed by atoms with Crippen LogP contribution >= 0.6 is 0 Å². The Bertz CT molecular complexity index is 2910. The van der Waals surface area contributed by atoms with Crippen LogP contribution in [0.3, 0.4) is 0 Å². The number of rotatable bonds is 5. The Hall–Kier alpha value is -7.16. The maximum Gasteiger partial charge on any atom is 0.160 e. The van der Waals surface area contributed by atoms with Gasteiger partial charge in [-0.3, -0.25) is 0 Å². The highest BCUT2D eigenvalue weighted by atomic mass is 14.9. The van der Waals surface area contributed by atoms with Gasteiger partial charge in [-0.1, -0.05) is 188 Å². The molecule has 262 valence electrons. The predicted octanol–water partition coefficient (Wildman–Crippen LogP) is 13.5. The first-order chi connectivity index (χ1) is 27.6. The quantitative estimate of drug-likeness (QED) is 0.178. The lowest BCUT2D eigenvalue weighted by atomic mass is 9.70. The fraction of sp³-hybridized carbons (Fsp3) is 0.0370. The molecule has 1 aromatic heterocycles. The zero-order chi connectivity index (χ0) is 37.2. The molecule has 1 heterocycles. The van der Waals surface area contributed by atoms with E-state index in [2.05, 4.69) is 207 Å². The van der Waals surface area contributed by atoms with Crippen LogP contribution in [0, 0.1) is 6.92 Å². The average Bonchev–Trinajstić information content (AvgIpc) is 3.74. The summed E-state index contributed by atoms with van der Waals surface area (Å²) in [5, 5.41) is 0. The molecule has 0 saturated carbocycles. The molecular formula is C54H36N2. The molecule has 2 heteroatoms. The first-order valence-electron chi connectivity index (χ1n) is 19.3. The molecule has 1 spiro atoms. The van der Waals surface area contributed by atoms with E-state index < -0.39 is 0 Å². The third kappa shape index (κ3) is 4.96. The molecule has 0 unspecified atom stereocenters. The molecule has 0 saturated heterocycles. The van der Waals surface area contributed by atoms with Gasteiger partial charge in [0.25, 0.3) is 0 Å². The van der Waals surface area contributed by atoms with Gasteiger partial charge in [0.2, 0.25) is 0 Å². The first kappa shape index (κ1) is 32.3. The number of aromatic nitrogens is 2. The molecule has 11 rings (SSSR count). The Morgan fingerprint density at radius 2 is 0.750 bits per heavy atom. The minimum Gasteiger partial charge on any atom is -0.228 e. The van der Waals surface area contributed by atoms with E-state index >= 15 is 0 Å². The largest absolute Gasteiger partial charge is 0.228 e. The van der Waals surface area contributed by atoms with Crippen LogP contribution in [0.1, 0.15) is 27.8 Å². The van der Waals surface area contributed by atoms with Crippen LogP contribution < -0.4 is 0 Å². The van der Waals surface area contributed by atoms with E-state index in [1.54, 1.807) is 0 Å². The highest BCUT2D eigenvalue weighted by molar-refractivity contribution is 5.96. The molecule has 0 N–H and O–H groups in total. The number of nitrogens with zero attached hydrogens (tertiary/aromatic N) is 2. The summed E-state index contributed by atoms with van der Waals surface area (Å²) in [6.45, 7) is 2.10. The van der Waals surface area contributed by atoms with E-state index in [4.69, 9.17) is 9.97 Å². The van der Waals surface area contributed by atoms with Crippen LogP contribution in [0.2, 0.25) is 0 Å². The SMILES string of the molecule is Cc1ccc(-c2nc(-c3ccc(-c4ccc5c(c4)-c4ccccc4C54c5ccccc5-c5ccccc54)cc3)cc(-c3cccc(-c4ccccc4)c3)n2)cc1. The third-order valence-electron chi connectivity index (χ3n) is 11.8. The average molecular weight is 713 g/mol. The standard InChI is InChI=1S/C54H36N2/c1-35-22-24-39(25-23-35)53-55-51(34-52(56-53)42-15-11-14-40(32-42)36-12-3-2-4-13-36)38-28-26-37(27-29-38)41-30-31-50-46(33-41)45-18-7-10-21-49(45)54(50)47-19-8-5-16-43(47)44-17-6-9-20-48(44)54/h2-34H,1H3. The molecule has 0 fully saturated rings. The summed E-state index contributed by atoms with van der Waals surface area (Å²) in [5.41, 5.74) is 21.2. The monoisotopic (exact) mass is 712 g/mol. The molecule has 0 radical (unpaired) electrons. The van der Waals surface area contributed by atoms with Crippen LogP contribution in [0.25, 0.3) is 78.4 Å². The lowest BCUT2D eigenvalue weighted by molar-refractivity contribution is 0.794. The maximum atomic E-state index is 5.15. The number of fused-ring (bicyclic) bond motifs is 10. The molecule has 56 heavy (non-hydrogen) atoms. The molecule has 0 amide bonds. The fourth-order valence-corrected chi connectivity index (χ4v) is 9.18. The number of aryl methyl sites for hydroxylation is 1. The van der Waals surface area contributed by atoms with Crippen molar-refractivity contribution < 1.29 is 0 Å². The van der Waals surface area contributed by atoms with Crippen molar-refractivity contribution in [2.24, 2.45) is 0 Å². The van der Waals surface area contributed by atoms with Gasteiger partial charge in [-0.05, 0) is 91.9 Å². The van der Waals surface area contributed by atoms with E-state index in [1.807, 2.05) is 0 Å². The molecule has 0 bridgehead atoms. The van der Waals surface area contributed by atoms with Crippen LogP contribution in [0.4, 0.5) is 0 Å². The van der Waals surface area contributed by atoms with E-state index in [9.17, 15) is 0 Å². The van der Waals surface area contributed by atoms with Gasteiger partial charge in [0.05, 0.1) is 16.8 Å². The van der Waals surface area contributed by atoms with Crippen molar-refractivity contribution in [3.8, 4) is 78.4 Å². The Morgan fingerprint density at radius 1 is 0.304 bits per heavy atom. The molecule has 9 aromatic rings. The minimum absolute atomic E-state index is 0.331. The van der Waals surface area contributed by atoms with Crippen LogP contribution in [-0.4, -0.2) is 9.97 Å². The van der Waals surface area contributed by atoms with Gasteiger partial charge in [0.15, 0.2) is 5.82 Å². The highest BCUT2D eigenvalue weighted by Gasteiger charge is 2.51. The third-order valence-corrected chi connectivity index (χ3v) is 11.8. The van der Waals surface area contributed by atoms with Gasteiger partial charge >= 0.3 is 0 Å². The molecule has 2 aliphatic rings. The van der Waals surface area contributed by atoms with Crippen molar-refractivity contribution in [2.75, 3.05) is 0 Å². The Balaban J connectivity index is 1.00. The smallest absolute Gasteiger partial charge is 0.160 e. The van der Waals surface area contributed by atoms with Crippen LogP contribution in [0.15, 0.2) is 200 Å². The summed E-state index contributed by atoms with van der Waals surface area (Å²) < 4.78 is 0. The predicted molar refractivity (Wildman–Crippen MR) is 230 cm³/mol. The normalized spacial score (nSPS) is 12.9. The lowest BCUT2D eigenvalue weighted by Gasteiger charge is -2.30. The lowest BCUT2D eigenvalue weighted by Crippen LogP contribution is -2.25.